The number of rotatable bonds is 2. The molecule has 1 aromatic rings. The van der Waals surface area contributed by atoms with Crippen LogP contribution in [0.15, 0.2) is 33.5 Å². The summed E-state index contributed by atoms with van der Waals surface area (Å²) in [6.07, 6.45) is -0.830. The number of ether oxygens (including phenoxy) is 1. The van der Waals surface area contributed by atoms with Crippen LogP contribution in [-0.2, 0) is 14.5 Å². The average molecular weight is 242 g/mol. The fourth-order valence-corrected chi connectivity index (χ4v) is 2.57. The van der Waals surface area contributed by atoms with E-state index in [9.17, 15) is 9.00 Å². The lowest BCUT2D eigenvalue weighted by Gasteiger charge is -2.06. The second-order valence-electron chi connectivity index (χ2n) is 3.06. The molecule has 88 valence electrons. The van der Waals surface area contributed by atoms with Gasteiger partial charge in [-0.2, -0.15) is 0 Å². The number of anilines is 1. The van der Waals surface area contributed by atoms with Crippen LogP contribution in [0.5, 0.6) is 0 Å². The summed E-state index contributed by atoms with van der Waals surface area (Å²) < 4.78 is 20.3. The zero-order chi connectivity index (χ0) is 12.2. The summed E-state index contributed by atoms with van der Waals surface area (Å²) in [5.41, 5.74) is 6.09. The minimum atomic E-state index is -2.74. The summed E-state index contributed by atoms with van der Waals surface area (Å²) in [5, 5.41) is 0. The Kier molecular flexibility index (Phi) is 3.89. The summed E-state index contributed by atoms with van der Waals surface area (Å²) in [7, 11) is -1.54. The molecule has 0 heterocycles. The van der Waals surface area contributed by atoms with Crippen LogP contribution in [0.4, 0.5) is 10.5 Å². The summed E-state index contributed by atoms with van der Waals surface area (Å²) in [6.45, 7) is 1.70. The van der Waals surface area contributed by atoms with Crippen molar-refractivity contribution in [3.8, 4) is 0 Å². The number of nitrogens with zero attached hydrogens (tertiary/aromatic N) is 1. The molecule has 1 atom stereocenters. The SMILES string of the molecule is CCS(=O)(=NC(=O)OC)c1ccc(N)cc1. The van der Waals surface area contributed by atoms with Crippen LogP contribution in [0.2, 0.25) is 0 Å². The van der Waals surface area contributed by atoms with E-state index < -0.39 is 15.8 Å². The quantitative estimate of drug-likeness (QED) is 0.803. The summed E-state index contributed by atoms with van der Waals surface area (Å²) in [4.78, 5) is 11.5. The second kappa shape index (κ2) is 4.98. The van der Waals surface area contributed by atoms with E-state index in [2.05, 4.69) is 9.10 Å². The minimum Gasteiger partial charge on any atom is -0.451 e. The Balaban J connectivity index is 3.25. The molecule has 0 fully saturated rings. The topological polar surface area (TPSA) is 81.8 Å². The van der Waals surface area contributed by atoms with Crippen molar-refractivity contribution in [2.75, 3.05) is 18.6 Å². The Hall–Kier alpha value is -1.56. The van der Waals surface area contributed by atoms with Crippen molar-refractivity contribution in [2.24, 2.45) is 4.36 Å². The third kappa shape index (κ3) is 2.73. The first-order chi connectivity index (χ1) is 7.51. The molecule has 0 bridgehead atoms. The molecule has 1 rings (SSSR count). The molecule has 0 aliphatic carbocycles. The van der Waals surface area contributed by atoms with Gasteiger partial charge in [0.05, 0.1) is 16.8 Å². The predicted molar refractivity (Wildman–Crippen MR) is 62.6 cm³/mol. The van der Waals surface area contributed by atoms with E-state index in [1.54, 1.807) is 31.2 Å². The van der Waals surface area contributed by atoms with Crippen LogP contribution in [0.3, 0.4) is 0 Å². The Morgan fingerprint density at radius 3 is 2.44 bits per heavy atom. The summed E-state index contributed by atoms with van der Waals surface area (Å²) >= 11 is 0. The maximum absolute atomic E-state index is 12.3. The first-order valence-corrected chi connectivity index (χ1v) is 6.38. The highest BCUT2D eigenvalue weighted by molar-refractivity contribution is 7.93. The van der Waals surface area contributed by atoms with Gasteiger partial charge in [-0.3, -0.25) is 0 Å². The van der Waals surface area contributed by atoms with E-state index in [1.807, 2.05) is 0 Å². The highest BCUT2D eigenvalue weighted by atomic mass is 32.2. The third-order valence-electron chi connectivity index (χ3n) is 2.04. The van der Waals surface area contributed by atoms with Crippen LogP contribution in [-0.4, -0.2) is 23.2 Å². The van der Waals surface area contributed by atoms with E-state index >= 15 is 0 Å². The van der Waals surface area contributed by atoms with Crippen LogP contribution < -0.4 is 5.73 Å². The molecule has 0 aromatic heterocycles. The molecule has 1 amide bonds. The van der Waals surface area contributed by atoms with Crippen LogP contribution in [0.25, 0.3) is 0 Å². The molecule has 1 aromatic carbocycles. The molecule has 2 N–H and O–H groups in total. The van der Waals surface area contributed by atoms with E-state index in [0.29, 0.717) is 10.6 Å². The lowest BCUT2D eigenvalue weighted by atomic mass is 10.3. The van der Waals surface area contributed by atoms with Gasteiger partial charge in [0.1, 0.15) is 0 Å². The van der Waals surface area contributed by atoms with Gasteiger partial charge in [-0.1, -0.05) is 6.92 Å². The molecule has 0 spiro atoms. The average Bonchev–Trinajstić information content (AvgIpc) is 2.29. The third-order valence-corrected chi connectivity index (χ3v) is 4.27. The monoisotopic (exact) mass is 242 g/mol. The standard InChI is InChI=1S/C10H14N2O3S/c1-3-16(14,12-10(13)15-2)9-6-4-8(11)5-7-9/h4-7H,3,11H2,1-2H3. The van der Waals surface area contributed by atoms with Gasteiger partial charge in [0.15, 0.2) is 0 Å². The van der Waals surface area contributed by atoms with E-state index in [4.69, 9.17) is 5.73 Å². The maximum atomic E-state index is 12.3. The number of carbonyl (C=O) groups is 1. The van der Waals surface area contributed by atoms with Crippen molar-refractivity contribution in [3.05, 3.63) is 24.3 Å². The molecule has 0 saturated heterocycles. The van der Waals surface area contributed by atoms with Crippen LogP contribution in [0, 0.1) is 0 Å². The van der Waals surface area contributed by atoms with Crippen molar-refractivity contribution in [1.29, 1.82) is 0 Å². The smallest absolute Gasteiger partial charge is 0.441 e. The highest BCUT2D eigenvalue weighted by Gasteiger charge is 2.12. The lowest BCUT2D eigenvalue weighted by molar-refractivity contribution is 0.183. The van der Waals surface area contributed by atoms with Gasteiger partial charge in [-0.05, 0) is 24.3 Å². The summed E-state index contributed by atoms with van der Waals surface area (Å²) in [5.74, 6) is 0.242. The molecule has 5 nitrogen and oxygen atoms in total. The lowest BCUT2D eigenvalue weighted by Crippen LogP contribution is -2.08. The van der Waals surface area contributed by atoms with Crippen molar-refractivity contribution in [2.45, 2.75) is 11.8 Å². The van der Waals surface area contributed by atoms with Gasteiger partial charge in [0.25, 0.3) is 0 Å². The predicted octanol–water partition coefficient (Wildman–Crippen LogP) is 1.88. The van der Waals surface area contributed by atoms with Crippen molar-refractivity contribution < 1.29 is 13.7 Å². The molecule has 1 unspecified atom stereocenters. The maximum Gasteiger partial charge on any atom is 0.441 e. The second-order valence-corrected chi connectivity index (χ2v) is 5.57. The van der Waals surface area contributed by atoms with Crippen LogP contribution in [0.1, 0.15) is 6.92 Å². The first-order valence-electron chi connectivity index (χ1n) is 4.70. The van der Waals surface area contributed by atoms with Gasteiger partial charge >= 0.3 is 6.09 Å². The molecule has 0 radical (unpaired) electrons. The van der Waals surface area contributed by atoms with Crippen molar-refractivity contribution in [1.82, 2.24) is 0 Å². The largest absolute Gasteiger partial charge is 0.451 e. The van der Waals surface area contributed by atoms with Crippen molar-refractivity contribution >= 4 is 21.5 Å². The minimum absolute atomic E-state index is 0.242. The first kappa shape index (κ1) is 12.5. The van der Waals surface area contributed by atoms with Crippen LogP contribution >= 0.6 is 0 Å². The number of hydrogen-bond acceptors (Lipinski definition) is 4. The van der Waals surface area contributed by atoms with E-state index in [1.165, 1.54) is 7.11 Å². The van der Waals surface area contributed by atoms with Gasteiger partial charge in [0.2, 0.25) is 0 Å². The fraction of sp³-hybridized carbons (Fsp3) is 0.300. The zero-order valence-corrected chi connectivity index (χ0v) is 9.99. The van der Waals surface area contributed by atoms with E-state index in [-0.39, 0.29) is 5.75 Å². The molecule has 16 heavy (non-hydrogen) atoms. The number of hydrogen-bond donors (Lipinski definition) is 1. The molecular weight excluding hydrogens is 228 g/mol. The van der Waals surface area contributed by atoms with Gasteiger partial charge < -0.3 is 10.5 Å². The normalized spacial score (nSPS) is 13.9. The fourth-order valence-electron chi connectivity index (χ4n) is 1.12. The van der Waals surface area contributed by atoms with E-state index in [0.717, 1.165) is 0 Å². The highest BCUT2D eigenvalue weighted by Crippen LogP contribution is 2.16. The Morgan fingerprint density at radius 2 is 2.00 bits per heavy atom. The Labute approximate surface area is 94.8 Å². The number of nitrogens with two attached hydrogens (primary N) is 1. The molecule has 0 saturated carbocycles. The Bertz CT molecular complexity index is 487. The van der Waals surface area contributed by atoms with Gasteiger partial charge in [-0.25, -0.2) is 9.00 Å². The zero-order valence-electron chi connectivity index (χ0n) is 9.17. The van der Waals surface area contributed by atoms with Gasteiger partial charge in [0, 0.05) is 16.3 Å². The number of nitrogen functional groups attached to an aromatic ring is 1. The van der Waals surface area contributed by atoms with Gasteiger partial charge in [-0.15, -0.1) is 4.36 Å². The molecule has 0 aliphatic rings. The summed E-state index contributed by atoms with van der Waals surface area (Å²) in [6, 6.07) is 6.45. The number of carbonyl (C=O) groups excluding carboxylic acids is 1. The molecular formula is C10H14N2O3S. The number of amides is 1. The number of benzene rings is 1. The Morgan fingerprint density at radius 1 is 1.44 bits per heavy atom. The van der Waals surface area contributed by atoms with Crippen molar-refractivity contribution in [3.63, 3.8) is 0 Å². The number of methoxy groups -OCH3 is 1. The molecule has 0 aliphatic heterocycles. The molecule has 6 heteroatoms.